The highest BCUT2D eigenvalue weighted by Gasteiger charge is 2.31. The summed E-state index contributed by atoms with van der Waals surface area (Å²) in [6.07, 6.45) is 0. The molecule has 0 aromatic heterocycles. The van der Waals surface area contributed by atoms with E-state index in [0.29, 0.717) is 38.6 Å². The summed E-state index contributed by atoms with van der Waals surface area (Å²) in [6.45, 7) is 0. The Balaban J connectivity index is 1.80. The molecular weight excluding hydrogens is 434 g/mol. The molecule has 0 fully saturated rings. The molecule has 1 aliphatic heterocycles. The van der Waals surface area contributed by atoms with E-state index in [-0.39, 0.29) is 11.5 Å². The quantitative estimate of drug-likeness (QED) is 0.336. The Morgan fingerprint density at radius 2 is 1.44 bits per heavy atom. The van der Waals surface area contributed by atoms with Crippen LogP contribution in [0.4, 0.5) is 0 Å². The molecule has 0 spiro atoms. The lowest BCUT2D eigenvalue weighted by Gasteiger charge is -2.24. The summed E-state index contributed by atoms with van der Waals surface area (Å²) in [5, 5.41) is 2.77. The van der Waals surface area contributed by atoms with E-state index in [1.165, 1.54) is 21.3 Å². The maximum atomic E-state index is 13.0. The lowest BCUT2D eigenvalue weighted by molar-refractivity contribution is 0.0593. The fourth-order valence-electron chi connectivity index (χ4n) is 4.44. The van der Waals surface area contributed by atoms with Gasteiger partial charge in [-0.1, -0.05) is 18.2 Å². The van der Waals surface area contributed by atoms with Gasteiger partial charge in [-0.3, -0.25) is 14.5 Å². The molecule has 7 heteroatoms. The van der Waals surface area contributed by atoms with Crippen molar-refractivity contribution < 1.29 is 28.7 Å². The van der Waals surface area contributed by atoms with Crippen LogP contribution in [0.3, 0.4) is 0 Å². The first-order valence-corrected chi connectivity index (χ1v) is 10.5. The Bertz CT molecular complexity index is 1570. The van der Waals surface area contributed by atoms with E-state index in [9.17, 15) is 19.2 Å². The molecule has 2 amide bonds. The monoisotopic (exact) mass is 453 g/mol. The highest BCUT2D eigenvalue weighted by atomic mass is 16.5. The van der Waals surface area contributed by atoms with Gasteiger partial charge < -0.3 is 9.47 Å². The van der Waals surface area contributed by atoms with Crippen LogP contribution in [0.1, 0.15) is 41.4 Å². The topological polar surface area (TPSA) is 90.0 Å². The molecular formula is C27H19NO6. The molecule has 0 saturated heterocycles. The molecule has 0 atom stereocenters. The predicted molar refractivity (Wildman–Crippen MR) is 126 cm³/mol. The summed E-state index contributed by atoms with van der Waals surface area (Å²) in [5.41, 5.74) is 2.70. The second-order valence-corrected chi connectivity index (χ2v) is 8.04. The third-order valence-electron chi connectivity index (χ3n) is 6.16. The van der Waals surface area contributed by atoms with E-state index in [1.807, 2.05) is 18.2 Å². The first kappa shape index (κ1) is 21.3. The average molecular weight is 453 g/mol. The highest BCUT2D eigenvalue weighted by molar-refractivity contribution is 6.26. The number of amides is 2. The van der Waals surface area contributed by atoms with Gasteiger partial charge in [0.25, 0.3) is 11.8 Å². The van der Waals surface area contributed by atoms with Gasteiger partial charge in [0, 0.05) is 23.6 Å². The number of fused-ring (bicyclic) bond motifs is 1. The van der Waals surface area contributed by atoms with Crippen LogP contribution in [-0.2, 0) is 9.47 Å². The van der Waals surface area contributed by atoms with Crippen molar-refractivity contribution in [2.45, 2.75) is 0 Å². The van der Waals surface area contributed by atoms with E-state index < -0.39 is 17.8 Å². The largest absolute Gasteiger partial charge is 0.465 e. The molecule has 0 radical (unpaired) electrons. The molecule has 0 N–H and O–H groups in total. The lowest BCUT2D eigenvalue weighted by Crippen LogP contribution is -2.36. The van der Waals surface area contributed by atoms with Gasteiger partial charge in [0.1, 0.15) is 0 Å². The van der Waals surface area contributed by atoms with E-state index in [2.05, 4.69) is 0 Å². The third kappa shape index (κ3) is 3.13. The van der Waals surface area contributed by atoms with Gasteiger partial charge in [-0.05, 0) is 69.8 Å². The second kappa shape index (κ2) is 7.81. The van der Waals surface area contributed by atoms with Crippen LogP contribution in [-0.4, -0.2) is 49.9 Å². The number of hydrogen-bond acceptors (Lipinski definition) is 6. The number of ether oxygens (including phenoxy) is 2. The van der Waals surface area contributed by atoms with Gasteiger partial charge in [0.05, 0.1) is 25.3 Å². The van der Waals surface area contributed by atoms with E-state index >= 15 is 0 Å². The van der Waals surface area contributed by atoms with Crippen LogP contribution in [0.5, 0.6) is 0 Å². The minimum absolute atomic E-state index is 0.285. The number of imide groups is 1. The Labute approximate surface area is 194 Å². The SMILES string of the molecule is COC(=O)c1ccc2cc(-c3cc4c5c(cccc5c3)C(=O)N(C)C4=O)c(C(=O)OC)cc2c1. The summed E-state index contributed by atoms with van der Waals surface area (Å²) < 4.78 is 9.82. The maximum Gasteiger partial charge on any atom is 0.338 e. The molecule has 168 valence electrons. The van der Waals surface area contributed by atoms with Gasteiger partial charge in [-0.15, -0.1) is 0 Å². The van der Waals surface area contributed by atoms with E-state index in [1.54, 1.807) is 42.5 Å². The van der Waals surface area contributed by atoms with Crippen molar-refractivity contribution >= 4 is 45.3 Å². The predicted octanol–water partition coefficient (Wildman–Crippen LogP) is 4.46. The highest BCUT2D eigenvalue weighted by Crippen LogP contribution is 2.37. The van der Waals surface area contributed by atoms with Gasteiger partial charge >= 0.3 is 11.9 Å². The number of hydrogen-bond donors (Lipinski definition) is 0. The van der Waals surface area contributed by atoms with Crippen LogP contribution >= 0.6 is 0 Å². The van der Waals surface area contributed by atoms with Crippen molar-refractivity contribution in [1.82, 2.24) is 4.90 Å². The van der Waals surface area contributed by atoms with E-state index in [4.69, 9.17) is 9.47 Å². The van der Waals surface area contributed by atoms with Crippen LogP contribution in [0, 0.1) is 0 Å². The normalized spacial score (nSPS) is 12.9. The minimum Gasteiger partial charge on any atom is -0.465 e. The van der Waals surface area contributed by atoms with Gasteiger partial charge in [-0.2, -0.15) is 0 Å². The molecule has 0 bridgehead atoms. The van der Waals surface area contributed by atoms with Gasteiger partial charge in [-0.25, -0.2) is 9.59 Å². The summed E-state index contributed by atoms with van der Waals surface area (Å²) in [4.78, 5) is 51.4. The number of benzene rings is 4. The zero-order chi connectivity index (χ0) is 24.1. The number of methoxy groups -OCH3 is 2. The first-order chi connectivity index (χ1) is 16.3. The summed E-state index contributed by atoms with van der Waals surface area (Å²) in [5.74, 6) is -1.79. The van der Waals surface area contributed by atoms with Crippen molar-refractivity contribution in [3.05, 3.63) is 82.9 Å². The maximum absolute atomic E-state index is 13.0. The molecule has 0 unspecified atom stereocenters. The molecule has 1 aliphatic rings. The zero-order valence-corrected chi connectivity index (χ0v) is 18.7. The minimum atomic E-state index is -0.554. The lowest BCUT2D eigenvalue weighted by atomic mass is 9.88. The molecule has 1 heterocycles. The number of nitrogens with zero attached hydrogens (tertiary/aromatic N) is 1. The summed E-state index contributed by atoms with van der Waals surface area (Å²) in [6, 6.07) is 17.4. The number of carbonyl (C=O) groups is 4. The van der Waals surface area contributed by atoms with E-state index in [0.717, 1.165) is 15.7 Å². The van der Waals surface area contributed by atoms with Crippen molar-refractivity contribution in [2.24, 2.45) is 0 Å². The van der Waals surface area contributed by atoms with Crippen LogP contribution in [0.25, 0.3) is 32.7 Å². The molecule has 34 heavy (non-hydrogen) atoms. The Morgan fingerprint density at radius 1 is 0.706 bits per heavy atom. The van der Waals surface area contributed by atoms with Crippen LogP contribution < -0.4 is 0 Å². The molecule has 4 aromatic carbocycles. The second-order valence-electron chi connectivity index (χ2n) is 8.04. The fourth-order valence-corrected chi connectivity index (χ4v) is 4.44. The molecule has 0 aliphatic carbocycles. The first-order valence-electron chi connectivity index (χ1n) is 10.5. The van der Waals surface area contributed by atoms with Crippen LogP contribution in [0.2, 0.25) is 0 Å². The molecule has 4 aromatic rings. The van der Waals surface area contributed by atoms with Gasteiger partial charge in [0.2, 0.25) is 0 Å². The van der Waals surface area contributed by atoms with Crippen molar-refractivity contribution in [1.29, 1.82) is 0 Å². The molecule has 0 saturated carbocycles. The third-order valence-corrected chi connectivity index (χ3v) is 6.16. The fraction of sp³-hybridized carbons (Fsp3) is 0.111. The van der Waals surface area contributed by atoms with Crippen molar-refractivity contribution in [3.8, 4) is 11.1 Å². The molecule has 7 nitrogen and oxygen atoms in total. The summed E-state index contributed by atoms with van der Waals surface area (Å²) >= 11 is 0. The standard InChI is InChI=1S/C27H19NO6/c1-28-24(29)19-6-4-5-15-9-18(13-22(23(15)19)25(28)30)20-11-14-7-8-16(26(31)33-2)10-17(14)12-21(20)27(32)34-3/h4-13H,1-3H3. The van der Waals surface area contributed by atoms with Crippen molar-refractivity contribution in [3.63, 3.8) is 0 Å². The van der Waals surface area contributed by atoms with Gasteiger partial charge in [0.15, 0.2) is 0 Å². The summed E-state index contributed by atoms with van der Waals surface area (Å²) in [7, 11) is 4.05. The molecule has 5 rings (SSSR count). The smallest absolute Gasteiger partial charge is 0.338 e. The number of esters is 2. The van der Waals surface area contributed by atoms with Crippen LogP contribution in [0.15, 0.2) is 60.7 Å². The number of rotatable bonds is 3. The van der Waals surface area contributed by atoms with Crippen molar-refractivity contribution in [2.75, 3.05) is 21.3 Å². The Kier molecular flexibility index (Phi) is 4.90. The Morgan fingerprint density at radius 3 is 2.18 bits per heavy atom. The zero-order valence-electron chi connectivity index (χ0n) is 18.7. The number of carbonyl (C=O) groups excluding carboxylic acids is 4. The Hall–Kier alpha value is -4.52. The average Bonchev–Trinajstić information content (AvgIpc) is 2.87.